The van der Waals surface area contributed by atoms with Crippen molar-refractivity contribution in [2.45, 2.75) is 6.92 Å². The molecule has 10 heteroatoms. The van der Waals surface area contributed by atoms with E-state index in [0.29, 0.717) is 34.9 Å². The Bertz CT molecular complexity index is 1280. The molecule has 0 atom stereocenters. The van der Waals surface area contributed by atoms with E-state index >= 15 is 0 Å². The van der Waals surface area contributed by atoms with Gasteiger partial charge in [0.2, 0.25) is 0 Å². The Hall–Kier alpha value is -4.21. The monoisotopic (exact) mass is 420 g/mol. The second kappa shape index (κ2) is 8.66. The number of para-hydroxylation sites is 1. The van der Waals surface area contributed by atoms with Gasteiger partial charge in [0.25, 0.3) is 5.91 Å². The van der Waals surface area contributed by atoms with Gasteiger partial charge in [-0.05, 0) is 37.3 Å². The predicted octanol–water partition coefficient (Wildman–Crippen LogP) is 1.93. The highest BCUT2D eigenvalue weighted by molar-refractivity contribution is 5.97. The summed E-state index contributed by atoms with van der Waals surface area (Å²) in [6.45, 7) is 2.57. The third-order valence-electron chi connectivity index (χ3n) is 4.51. The highest BCUT2D eigenvalue weighted by Gasteiger charge is 2.15. The average molecular weight is 420 g/mol. The van der Waals surface area contributed by atoms with Crippen molar-refractivity contribution in [2.75, 3.05) is 25.5 Å². The van der Waals surface area contributed by atoms with Crippen molar-refractivity contribution in [3.05, 3.63) is 70.3 Å². The van der Waals surface area contributed by atoms with Gasteiger partial charge in [0.1, 0.15) is 11.4 Å². The summed E-state index contributed by atoms with van der Waals surface area (Å²) >= 11 is 0. The van der Waals surface area contributed by atoms with Crippen LogP contribution in [-0.4, -0.2) is 46.1 Å². The van der Waals surface area contributed by atoms with Crippen LogP contribution in [0.5, 0.6) is 5.75 Å². The largest absolute Gasteiger partial charge is 0.493 e. The molecular formula is C21H20N6O4. The summed E-state index contributed by atoms with van der Waals surface area (Å²) in [5.41, 5.74) is 0.400. The van der Waals surface area contributed by atoms with Crippen molar-refractivity contribution >= 4 is 22.7 Å². The first-order valence-corrected chi connectivity index (χ1v) is 9.54. The van der Waals surface area contributed by atoms with Gasteiger partial charge in [-0.15, -0.1) is 10.2 Å². The van der Waals surface area contributed by atoms with E-state index in [9.17, 15) is 9.59 Å². The maximum absolute atomic E-state index is 12.4. The van der Waals surface area contributed by atoms with Gasteiger partial charge < -0.3 is 19.8 Å². The zero-order chi connectivity index (χ0) is 21.8. The smallest absolute Gasteiger partial charge is 0.349 e. The van der Waals surface area contributed by atoms with Crippen LogP contribution < -0.4 is 21.0 Å². The fourth-order valence-corrected chi connectivity index (χ4v) is 2.98. The lowest BCUT2D eigenvalue weighted by Crippen LogP contribution is -2.32. The van der Waals surface area contributed by atoms with Gasteiger partial charge in [0.05, 0.1) is 12.8 Å². The summed E-state index contributed by atoms with van der Waals surface area (Å²) < 4.78 is 12.1. The van der Waals surface area contributed by atoms with E-state index in [4.69, 9.17) is 9.15 Å². The predicted molar refractivity (Wildman–Crippen MR) is 114 cm³/mol. The van der Waals surface area contributed by atoms with Gasteiger partial charge in [0.15, 0.2) is 17.2 Å². The van der Waals surface area contributed by atoms with E-state index in [2.05, 4.69) is 25.9 Å². The number of ether oxygens (including phenoxy) is 1. The first kappa shape index (κ1) is 20.1. The lowest BCUT2D eigenvalue weighted by atomic mass is 10.1. The zero-order valence-electron chi connectivity index (χ0n) is 17.0. The molecule has 0 spiro atoms. The molecule has 0 unspecified atom stereocenters. The summed E-state index contributed by atoms with van der Waals surface area (Å²) in [5.74, 6) is 1.07. The van der Waals surface area contributed by atoms with Crippen molar-refractivity contribution in [1.82, 2.24) is 25.3 Å². The molecule has 4 aromatic rings. The molecule has 158 valence electrons. The number of aryl methyl sites for hydroxylation is 1. The third kappa shape index (κ3) is 4.37. The number of benzene rings is 1. The zero-order valence-corrected chi connectivity index (χ0v) is 17.0. The molecular weight excluding hydrogens is 400 g/mol. The first-order valence-electron chi connectivity index (χ1n) is 9.54. The minimum atomic E-state index is -0.724. The molecule has 1 aromatic carbocycles. The van der Waals surface area contributed by atoms with Crippen molar-refractivity contribution in [3.63, 3.8) is 0 Å². The molecule has 0 saturated heterocycles. The lowest BCUT2D eigenvalue weighted by Gasteiger charge is -2.08. The third-order valence-corrected chi connectivity index (χ3v) is 4.51. The molecule has 0 aliphatic carbocycles. The molecule has 2 N–H and O–H groups in total. The number of anilines is 1. The van der Waals surface area contributed by atoms with Gasteiger partial charge in [0, 0.05) is 24.7 Å². The van der Waals surface area contributed by atoms with E-state index in [1.165, 1.54) is 13.2 Å². The molecule has 3 heterocycles. The van der Waals surface area contributed by atoms with Crippen LogP contribution in [0.1, 0.15) is 16.1 Å². The van der Waals surface area contributed by atoms with E-state index in [1.807, 2.05) is 13.0 Å². The molecule has 0 saturated carbocycles. The van der Waals surface area contributed by atoms with Crippen molar-refractivity contribution in [2.24, 2.45) is 0 Å². The minimum Gasteiger partial charge on any atom is -0.493 e. The number of fused-ring (bicyclic) bond motifs is 1. The number of amides is 1. The molecule has 0 aliphatic rings. The Kier molecular flexibility index (Phi) is 5.61. The molecule has 0 fully saturated rings. The quantitative estimate of drug-likeness (QED) is 0.343. The Morgan fingerprint density at radius 1 is 1.16 bits per heavy atom. The number of methoxy groups -OCH3 is 1. The number of hydrogen-bond donors (Lipinski definition) is 2. The van der Waals surface area contributed by atoms with Gasteiger partial charge in [-0.2, -0.15) is 5.10 Å². The SMILES string of the molecule is COc1cccc2cc(C(=O)NCCNc3ccc(-n4ccc(C)n4)nn3)c(=O)oc12. The van der Waals surface area contributed by atoms with Crippen LogP contribution in [0.3, 0.4) is 0 Å². The normalized spacial score (nSPS) is 10.8. The van der Waals surface area contributed by atoms with Gasteiger partial charge in [-0.25, -0.2) is 9.48 Å². The number of aromatic nitrogens is 4. The summed E-state index contributed by atoms with van der Waals surface area (Å²) in [6.07, 6.45) is 1.81. The molecule has 3 aromatic heterocycles. The summed E-state index contributed by atoms with van der Waals surface area (Å²) in [4.78, 5) is 24.6. The Morgan fingerprint density at radius 2 is 2.03 bits per heavy atom. The Balaban J connectivity index is 1.34. The fourth-order valence-electron chi connectivity index (χ4n) is 2.98. The number of hydrogen-bond acceptors (Lipinski definition) is 8. The van der Waals surface area contributed by atoms with Crippen molar-refractivity contribution in [1.29, 1.82) is 0 Å². The molecule has 0 radical (unpaired) electrons. The summed E-state index contributed by atoms with van der Waals surface area (Å²) in [5, 5.41) is 18.8. The Morgan fingerprint density at radius 3 is 2.74 bits per heavy atom. The number of nitrogens with zero attached hydrogens (tertiary/aromatic N) is 4. The van der Waals surface area contributed by atoms with Gasteiger partial charge >= 0.3 is 5.63 Å². The van der Waals surface area contributed by atoms with Gasteiger partial charge in [-0.3, -0.25) is 4.79 Å². The number of nitrogens with one attached hydrogen (secondary N) is 2. The van der Waals surface area contributed by atoms with E-state index < -0.39 is 11.5 Å². The van der Waals surface area contributed by atoms with Crippen LogP contribution in [0.2, 0.25) is 0 Å². The second-order valence-corrected chi connectivity index (χ2v) is 6.69. The number of carbonyl (C=O) groups is 1. The molecule has 4 rings (SSSR count). The molecule has 31 heavy (non-hydrogen) atoms. The molecule has 1 amide bonds. The van der Waals surface area contributed by atoms with Crippen LogP contribution >= 0.6 is 0 Å². The van der Waals surface area contributed by atoms with Crippen LogP contribution in [0.4, 0.5) is 5.82 Å². The lowest BCUT2D eigenvalue weighted by molar-refractivity contribution is 0.0951. The van der Waals surface area contributed by atoms with Crippen LogP contribution in [-0.2, 0) is 0 Å². The van der Waals surface area contributed by atoms with E-state index in [1.54, 1.807) is 41.2 Å². The first-order chi connectivity index (χ1) is 15.0. The van der Waals surface area contributed by atoms with E-state index in [0.717, 1.165) is 5.69 Å². The van der Waals surface area contributed by atoms with Crippen molar-refractivity contribution in [3.8, 4) is 11.6 Å². The highest BCUT2D eigenvalue weighted by Crippen LogP contribution is 2.24. The summed E-state index contributed by atoms with van der Waals surface area (Å²) in [7, 11) is 1.48. The fraction of sp³-hybridized carbons (Fsp3) is 0.190. The number of rotatable bonds is 7. The molecule has 10 nitrogen and oxygen atoms in total. The maximum Gasteiger partial charge on any atom is 0.349 e. The minimum absolute atomic E-state index is 0.0700. The van der Waals surface area contributed by atoms with Gasteiger partial charge in [-0.1, -0.05) is 12.1 Å². The number of carbonyl (C=O) groups excluding carboxylic acids is 1. The molecule has 0 aliphatic heterocycles. The highest BCUT2D eigenvalue weighted by atomic mass is 16.5. The van der Waals surface area contributed by atoms with Crippen molar-refractivity contribution < 1.29 is 13.9 Å². The topological polar surface area (TPSA) is 124 Å². The van der Waals surface area contributed by atoms with E-state index in [-0.39, 0.29) is 12.1 Å². The van der Waals surface area contributed by atoms with Crippen LogP contribution in [0, 0.1) is 6.92 Å². The second-order valence-electron chi connectivity index (χ2n) is 6.69. The average Bonchev–Trinajstić information content (AvgIpc) is 3.22. The van der Waals surface area contributed by atoms with Crippen LogP contribution in [0.15, 0.2) is 57.9 Å². The molecule has 0 bridgehead atoms. The Labute approximate surface area is 176 Å². The maximum atomic E-state index is 12.4. The standard InChI is InChI=1S/C21H20N6O4/c1-13-8-11-27(26-13)18-7-6-17(24-25-18)22-9-10-23-20(28)15-12-14-4-3-5-16(30-2)19(14)31-21(15)29/h3-8,11-12H,9-10H2,1-2H3,(H,22,24)(H,23,28). The summed E-state index contributed by atoms with van der Waals surface area (Å²) in [6, 6.07) is 12.1. The van der Waals surface area contributed by atoms with Crippen LogP contribution in [0.25, 0.3) is 16.8 Å².